The van der Waals surface area contributed by atoms with E-state index in [9.17, 15) is 13.6 Å². The van der Waals surface area contributed by atoms with Crippen molar-refractivity contribution in [1.29, 1.82) is 0 Å². The Labute approximate surface area is 137 Å². The van der Waals surface area contributed by atoms with Crippen LogP contribution in [0.2, 0.25) is 0 Å². The second-order valence-electron chi connectivity index (χ2n) is 5.36. The fraction of sp³-hybridized carbons (Fsp3) is 0.111. The summed E-state index contributed by atoms with van der Waals surface area (Å²) in [6.45, 7) is 0.932. The number of halogens is 2. The van der Waals surface area contributed by atoms with Crippen LogP contribution in [0.5, 0.6) is 0 Å². The van der Waals surface area contributed by atoms with Crippen molar-refractivity contribution in [2.45, 2.75) is 13.1 Å². The van der Waals surface area contributed by atoms with Gasteiger partial charge in [-0.1, -0.05) is 24.3 Å². The molecule has 0 radical (unpaired) electrons. The summed E-state index contributed by atoms with van der Waals surface area (Å²) in [4.78, 5) is 16.0. The summed E-state index contributed by atoms with van der Waals surface area (Å²) in [5.74, 6) is -2.16. The van der Waals surface area contributed by atoms with Crippen molar-refractivity contribution < 1.29 is 13.6 Å². The number of aromatic nitrogens is 2. The highest BCUT2D eigenvalue weighted by molar-refractivity contribution is 5.94. The Morgan fingerprint density at radius 1 is 1.12 bits per heavy atom. The molecule has 0 bridgehead atoms. The fourth-order valence-electron chi connectivity index (χ4n) is 2.38. The third-order valence-electron chi connectivity index (χ3n) is 3.54. The van der Waals surface area contributed by atoms with Crippen LogP contribution in [0.15, 0.2) is 61.2 Å². The van der Waals surface area contributed by atoms with E-state index in [0.29, 0.717) is 12.6 Å². The van der Waals surface area contributed by atoms with Crippen molar-refractivity contribution in [3.05, 3.63) is 89.5 Å². The zero-order chi connectivity index (χ0) is 16.9. The summed E-state index contributed by atoms with van der Waals surface area (Å²) in [7, 11) is 0. The number of imidazole rings is 1. The number of nitrogens with zero attached hydrogens (tertiary/aromatic N) is 2. The van der Waals surface area contributed by atoms with E-state index in [2.05, 4.69) is 10.3 Å². The molecule has 0 atom stereocenters. The van der Waals surface area contributed by atoms with Crippen LogP contribution in [-0.4, -0.2) is 15.5 Å². The van der Waals surface area contributed by atoms with Gasteiger partial charge in [0, 0.05) is 31.5 Å². The van der Waals surface area contributed by atoms with Crippen molar-refractivity contribution >= 4 is 5.91 Å². The van der Waals surface area contributed by atoms with Crippen LogP contribution in [-0.2, 0) is 13.1 Å². The quantitative estimate of drug-likeness (QED) is 0.782. The second-order valence-corrected chi connectivity index (χ2v) is 5.36. The molecule has 122 valence electrons. The predicted molar refractivity (Wildman–Crippen MR) is 85.3 cm³/mol. The Morgan fingerprint density at radius 3 is 2.71 bits per heavy atom. The van der Waals surface area contributed by atoms with Crippen LogP contribution in [0.4, 0.5) is 8.78 Å². The molecule has 0 aliphatic rings. The van der Waals surface area contributed by atoms with Gasteiger partial charge in [0.2, 0.25) is 0 Å². The first-order chi connectivity index (χ1) is 11.6. The van der Waals surface area contributed by atoms with Crippen LogP contribution in [0, 0.1) is 11.6 Å². The summed E-state index contributed by atoms with van der Waals surface area (Å²) in [6.07, 6.45) is 5.30. The highest BCUT2D eigenvalue weighted by Gasteiger charge is 2.12. The Morgan fingerprint density at radius 2 is 1.96 bits per heavy atom. The Balaban J connectivity index is 1.65. The highest BCUT2D eigenvalue weighted by Crippen LogP contribution is 2.11. The van der Waals surface area contributed by atoms with Crippen molar-refractivity contribution in [3.8, 4) is 0 Å². The number of hydrogen-bond donors (Lipinski definition) is 1. The van der Waals surface area contributed by atoms with Gasteiger partial charge in [-0.3, -0.25) is 4.79 Å². The molecule has 2 aromatic carbocycles. The smallest absolute Gasteiger partial charge is 0.254 e. The van der Waals surface area contributed by atoms with Crippen molar-refractivity contribution in [2.75, 3.05) is 0 Å². The SMILES string of the molecule is O=C(NCc1cccc(Cn2ccnc2)c1)c1ccc(F)cc1F. The summed E-state index contributed by atoms with van der Waals surface area (Å²) >= 11 is 0. The number of benzene rings is 2. The molecule has 1 N–H and O–H groups in total. The van der Waals surface area contributed by atoms with E-state index in [0.717, 1.165) is 23.3 Å². The van der Waals surface area contributed by atoms with E-state index in [1.54, 1.807) is 12.5 Å². The Bertz CT molecular complexity index is 847. The van der Waals surface area contributed by atoms with Crippen LogP contribution in [0.25, 0.3) is 0 Å². The number of nitrogens with one attached hydrogen (secondary N) is 1. The average molecular weight is 327 g/mol. The topological polar surface area (TPSA) is 46.9 Å². The lowest BCUT2D eigenvalue weighted by Crippen LogP contribution is -2.24. The number of rotatable bonds is 5. The minimum absolute atomic E-state index is 0.175. The molecule has 1 heterocycles. The molecule has 0 aliphatic carbocycles. The maximum Gasteiger partial charge on any atom is 0.254 e. The van der Waals surface area contributed by atoms with Gasteiger partial charge >= 0.3 is 0 Å². The van der Waals surface area contributed by atoms with Crippen molar-refractivity contribution in [1.82, 2.24) is 14.9 Å². The number of amides is 1. The molecule has 0 saturated heterocycles. The van der Waals surface area contributed by atoms with Gasteiger partial charge in [-0.25, -0.2) is 13.8 Å². The standard InChI is InChI=1S/C18H15F2N3O/c19-15-4-5-16(17(20)9-15)18(24)22-10-13-2-1-3-14(8-13)11-23-7-6-21-12-23/h1-9,12H,10-11H2,(H,22,24). The van der Waals surface area contributed by atoms with Gasteiger partial charge < -0.3 is 9.88 Å². The molecular weight excluding hydrogens is 312 g/mol. The summed E-state index contributed by atoms with van der Waals surface area (Å²) in [5, 5.41) is 2.64. The van der Waals surface area contributed by atoms with Crippen molar-refractivity contribution in [3.63, 3.8) is 0 Å². The summed E-state index contributed by atoms with van der Waals surface area (Å²) in [6, 6.07) is 10.6. The molecule has 0 saturated carbocycles. The van der Waals surface area contributed by atoms with Crippen LogP contribution in [0.3, 0.4) is 0 Å². The lowest BCUT2D eigenvalue weighted by Gasteiger charge is -2.08. The lowest BCUT2D eigenvalue weighted by molar-refractivity contribution is 0.0947. The number of hydrogen-bond acceptors (Lipinski definition) is 2. The van der Waals surface area contributed by atoms with Crippen molar-refractivity contribution in [2.24, 2.45) is 0 Å². The molecule has 3 aromatic rings. The average Bonchev–Trinajstić information content (AvgIpc) is 3.06. The Kier molecular flexibility index (Phi) is 4.65. The van der Waals surface area contributed by atoms with Crippen LogP contribution in [0.1, 0.15) is 21.5 Å². The molecule has 0 aliphatic heterocycles. The van der Waals surface area contributed by atoms with Gasteiger partial charge in [0.05, 0.1) is 11.9 Å². The van der Waals surface area contributed by atoms with E-state index < -0.39 is 17.5 Å². The van der Waals surface area contributed by atoms with Crippen LogP contribution >= 0.6 is 0 Å². The minimum atomic E-state index is -0.874. The maximum absolute atomic E-state index is 13.6. The van der Waals surface area contributed by atoms with E-state index in [1.165, 1.54) is 0 Å². The molecule has 6 heteroatoms. The molecule has 0 spiro atoms. The first-order valence-electron chi connectivity index (χ1n) is 7.38. The molecule has 1 aromatic heterocycles. The largest absolute Gasteiger partial charge is 0.348 e. The van der Waals surface area contributed by atoms with E-state index in [4.69, 9.17) is 0 Å². The van der Waals surface area contributed by atoms with E-state index >= 15 is 0 Å². The predicted octanol–water partition coefficient (Wildman–Crippen LogP) is 3.14. The van der Waals surface area contributed by atoms with Gasteiger partial charge in [-0.15, -0.1) is 0 Å². The zero-order valence-electron chi connectivity index (χ0n) is 12.7. The van der Waals surface area contributed by atoms with Gasteiger partial charge in [-0.2, -0.15) is 0 Å². The first kappa shape index (κ1) is 15.9. The molecule has 0 unspecified atom stereocenters. The maximum atomic E-state index is 13.6. The lowest BCUT2D eigenvalue weighted by atomic mass is 10.1. The fourth-order valence-corrected chi connectivity index (χ4v) is 2.38. The van der Waals surface area contributed by atoms with Gasteiger partial charge in [0.1, 0.15) is 11.6 Å². The molecule has 1 amide bonds. The van der Waals surface area contributed by atoms with Gasteiger partial charge in [-0.05, 0) is 23.3 Å². The van der Waals surface area contributed by atoms with E-state index in [-0.39, 0.29) is 12.1 Å². The molecule has 3 rings (SSSR count). The summed E-state index contributed by atoms with van der Waals surface area (Å²) in [5.41, 5.74) is 1.78. The number of carbonyl (C=O) groups is 1. The summed E-state index contributed by atoms with van der Waals surface area (Å²) < 4.78 is 28.4. The zero-order valence-corrected chi connectivity index (χ0v) is 12.7. The van der Waals surface area contributed by atoms with Crippen LogP contribution < -0.4 is 5.32 Å². The number of carbonyl (C=O) groups excluding carboxylic acids is 1. The van der Waals surface area contributed by atoms with Gasteiger partial charge in [0.25, 0.3) is 5.91 Å². The molecule has 24 heavy (non-hydrogen) atoms. The first-order valence-corrected chi connectivity index (χ1v) is 7.38. The normalized spacial score (nSPS) is 10.6. The molecule has 4 nitrogen and oxygen atoms in total. The third kappa shape index (κ3) is 3.84. The third-order valence-corrected chi connectivity index (χ3v) is 3.54. The Hall–Kier alpha value is -3.02. The second kappa shape index (κ2) is 7.04. The monoisotopic (exact) mass is 327 g/mol. The highest BCUT2D eigenvalue weighted by atomic mass is 19.1. The van der Waals surface area contributed by atoms with E-state index in [1.807, 2.05) is 35.0 Å². The molecular formula is C18H15F2N3O. The minimum Gasteiger partial charge on any atom is -0.348 e. The van der Waals surface area contributed by atoms with Gasteiger partial charge in [0.15, 0.2) is 0 Å². The molecule has 0 fully saturated rings.